The molecule has 0 aromatic carbocycles. The van der Waals surface area contributed by atoms with Crippen LogP contribution in [-0.4, -0.2) is 19.2 Å². The molecule has 0 aromatic heterocycles. The number of rotatable bonds is 3. The molecular formula is C6H10O4. The van der Waals surface area contributed by atoms with E-state index in [1.165, 1.54) is 0 Å². The van der Waals surface area contributed by atoms with Crippen molar-refractivity contribution in [1.29, 1.82) is 0 Å². The quantitative estimate of drug-likeness (QED) is 0.338. The van der Waals surface area contributed by atoms with Gasteiger partial charge in [0.25, 0.3) is 0 Å². The minimum atomic E-state index is -0.941. The molecule has 0 aromatic rings. The van der Waals surface area contributed by atoms with Crippen LogP contribution in [0.15, 0.2) is 0 Å². The molecular weight excluding hydrogens is 136 g/mol. The zero-order valence-electron chi connectivity index (χ0n) is 5.99. The Morgan fingerprint density at radius 2 is 2.20 bits per heavy atom. The fourth-order valence-corrected chi connectivity index (χ4v) is 0.308. The molecule has 0 heterocycles. The maximum absolute atomic E-state index is 10.3. The Labute approximate surface area is 59.1 Å². The Balaban J connectivity index is 3.30. The van der Waals surface area contributed by atoms with Gasteiger partial charge in [0.15, 0.2) is 0 Å². The molecule has 0 rings (SSSR count). The molecule has 0 saturated heterocycles. The largest absolute Gasteiger partial charge is 0.515 e. The smallest absolute Gasteiger partial charge is 0.434 e. The first-order chi connectivity index (χ1) is 4.66. The lowest BCUT2D eigenvalue weighted by molar-refractivity contribution is -0.125. The Morgan fingerprint density at radius 3 is 2.60 bits per heavy atom. The number of hydrogen-bond acceptors (Lipinski definition) is 4. The molecule has 4 nitrogen and oxygen atoms in total. The van der Waals surface area contributed by atoms with Crippen LogP contribution in [0.2, 0.25) is 0 Å². The summed E-state index contributed by atoms with van der Waals surface area (Å²) >= 11 is 0. The molecule has 0 aliphatic carbocycles. The van der Waals surface area contributed by atoms with Gasteiger partial charge in [-0.2, -0.15) is 0 Å². The molecule has 4 heteroatoms. The van der Waals surface area contributed by atoms with Gasteiger partial charge in [-0.05, 0) is 5.92 Å². The molecule has 0 unspecified atom stereocenters. The summed E-state index contributed by atoms with van der Waals surface area (Å²) in [4.78, 5) is 19.8. The number of ether oxygens (including phenoxy) is 2. The third-order valence-electron chi connectivity index (χ3n) is 0.679. The second kappa shape index (κ2) is 4.78. The van der Waals surface area contributed by atoms with Gasteiger partial charge < -0.3 is 9.47 Å². The second-order valence-corrected chi connectivity index (χ2v) is 2.17. The van der Waals surface area contributed by atoms with Crippen molar-refractivity contribution in [3.05, 3.63) is 0 Å². The van der Waals surface area contributed by atoms with Crippen molar-refractivity contribution in [3.8, 4) is 0 Å². The van der Waals surface area contributed by atoms with E-state index in [9.17, 15) is 9.59 Å². The van der Waals surface area contributed by atoms with E-state index in [-0.39, 0.29) is 19.0 Å². The SMILES string of the molecule is CC(C)COC(=O)OC=O. The molecule has 0 aliphatic rings. The third kappa shape index (κ3) is 5.08. The van der Waals surface area contributed by atoms with Crippen molar-refractivity contribution in [1.82, 2.24) is 0 Å². The van der Waals surface area contributed by atoms with E-state index in [1.807, 2.05) is 13.8 Å². The van der Waals surface area contributed by atoms with Crippen LogP contribution in [0, 0.1) is 5.92 Å². The van der Waals surface area contributed by atoms with Crippen molar-refractivity contribution in [2.45, 2.75) is 13.8 Å². The number of carbonyl (C=O) groups excluding carboxylic acids is 2. The van der Waals surface area contributed by atoms with Crippen molar-refractivity contribution in [3.63, 3.8) is 0 Å². The normalized spacial score (nSPS) is 9.10. The van der Waals surface area contributed by atoms with Gasteiger partial charge in [0.2, 0.25) is 0 Å². The Kier molecular flexibility index (Phi) is 4.28. The van der Waals surface area contributed by atoms with Crippen LogP contribution in [0.5, 0.6) is 0 Å². The Bertz CT molecular complexity index is 119. The van der Waals surface area contributed by atoms with Crippen LogP contribution in [-0.2, 0) is 14.3 Å². The van der Waals surface area contributed by atoms with Crippen LogP contribution in [0.4, 0.5) is 4.79 Å². The predicted octanol–water partition coefficient (Wildman–Crippen LogP) is 0.952. The Morgan fingerprint density at radius 1 is 1.60 bits per heavy atom. The van der Waals surface area contributed by atoms with Crippen molar-refractivity contribution < 1.29 is 19.1 Å². The summed E-state index contributed by atoms with van der Waals surface area (Å²) in [6, 6.07) is 0. The van der Waals surface area contributed by atoms with Crippen LogP contribution < -0.4 is 0 Å². The summed E-state index contributed by atoms with van der Waals surface area (Å²) in [6.45, 7) is 4.08. The molecule has 0 saturated carbocycles. The van der Waals surface area contributed by atoms with Crippen LogP contribution in [0.1, 0.15) is 13.8 Å². The zero-order valence-corrected chi connectivity index (χ0v) is 5.99. The van der Waals surface area contributed by atoms with Gasteiger partial charge in [-0.1, -0.05) is 13.8 Å². The lowest BCUT2D eigenvalue weighted by atomic mass is 10.2. The van der Waals surface area contributed by atoms with Crippen LogP contribution in [0.25, 0.3) is 0 Å². The van der Waals surface area contributed by atoms with Gasteiger partial charge in [0.1, 0.15) is 0 Å². The topological polar surface area (TPSA) is 52.6 Å². The van der Waals surface area contributed by atoms with Crippen molar-refractivity contribution >= 4 is 12.6 Å². The molecule has 0 bridgehead atoms. The van der Waals surface area contributed by atoms with Crippen molar-refractivity contribution in [2.75, 3.05) is 6.61 Å². The molecule has 58 valence electrons. The second-order valence-electron chi connectivity index (χ2n) is 2.17. The maximum atomic E-state index is 10.3. The summed E-state index contributed by atoms with van der Waals surface area (Å²) < 4.78 is 8.30. The molecule has 0 spiro atoms. The maximum Gasteiger partial charge on any atom is 0.515 e. The third-order valence-corrected chi connectivity index (χ3v) is 0.679. The monoisotopic (exact) mass is 146 g/mol. The van der Waals surface area contributed by atoms with Gasteiger partial charge in [-0.25, -0.2) is 4.79 Å². The minimum absolute atomic E-state index is 0.0443. The van der Waals surface area contributed by atoms with E-state index in [2.05, 4.69) is 9.47 Å². The highest BCUT2D eigenvalue weighted by Gasteiger charge is 2.02. The molecule has 0 amide bonds. The summed E-state index contributed by atoms with van der Waals surface area (Å²) in [5.41, 5.74) is 0. The minimum Gasteiger partial charge on any atom is -0.434 e. The number of hydrogen-bond donors (Lipinski definition) is 0. The first-order valence-corrected chi connectivity index (χ1v) is 2.94. The molecule has 0 N–H and O–H groups in total. The standard InChI is InChI=1S/C6H10O4/c1-5(2)3-9-6(8)10-4-7/h4-5H,3H2,1-2H3. The van der Waals surface area contributed by atoms with Gasteiger partial charge in [-0.3, -0.25) is 4.79 Å². The highest BCUT2D eigenvalue weighted by molar-refractivity contribution is 5.69. The van der Waals surface area contributed by atoms with E-state index in [1.54, 1.807) is 0 Å². The van der Waals surface area contributed by atoms with Gasteiger partial charge in [0, 0.05) is 0 Å². The summed E-state index contributed by atoms with van der Waals surface area (Å²) in [7, 11) is 0. The van der Waals surface area contributed by atoms with Crippen LogP contribution in [0.3, 0.4) is 0 Å². The summed E-state index contributed by atoms with van der Waals surface area (Å²) in [5.74, 6) is 0.249. The highest BCUT2D eigenvalue weighted by Crippen LogP contribution is 1.93. The molecule has 0 fully saturated rings. The fourth-order valence-electron chi connectivity index (χ4n) is 0.308. The van der Waals surface area contributed by atoms with Gasteiger partial charge in [0.05, 0.1) is 6.61 Å². The van der Waals surface area contributed by atoms with E-state index in [0.29, 0.717) is 0 Å². The molecule has 0 atom stereocenters. The lowest BCUT2D eigenvalue weighted by Gasteiger charge is -2.03. The highest BCUT2D eigenvalue weighted by atomic mass is 16.7. The number of carbonyl (C=O) groups is 2. The average Bonchev–Trinajstić information content (AvgIpc) is 1.85. The predicted molar refractivity (Wildman–Crippen MR) is 33.3 cm³/mol. The summed E-state index contributed by atoms with van der Waals surface area (Å²) in [6.07, 6.45) is -0.941. The fraction of sp³-hybridized carbons (Fsp3) is 0.667. The molecule has 10 heavy (non-hydrogen) atoms. The van der Waals surface area contributed by atoms with Crippen LogP contribution >= 0.6 is 0 Å². The molecule has 0 aliphatic heterocycles. The van der Waals surface area contributed by atoms with E-state index in [4.69, 9.17) is 0 Å². The average molecular weight is 146 g/mol. The first-order valence-electron chi connectivity index (χ1n) is 2.94. The zero-order chi connectivity index (χ0) is 7.98. The first kappa shape index (κ1) is 8.94. The van der Waals surface area contributed by atoms with E-state index >= 15 is 0 Å². The van der Waals surface area contributed by atoms with E-state index in [0.717, 1.165) is 0 Å². The summed E-state index contributed by atoms with van der Waals surface area (Å²) in [5, 5.41) is 0. The molecule has 0 radical (unpaired) electrons. The Hall–Kier alpha value is -1.06. The van der Waals surface area contributed by atoms with E-state index < -0.39 is 6.16 Å². The van der Waals surface area contributed by atoms with Crippen molar-refractivity contribution in [2.24, 2.45) is 5.92 Å². The lowest BCUT2D eigenvalue weighted by Crippen LogP contribution is -2.10. The van der Waals surface area contributed by atoms with Gasteiger partial charge in [-0.15, -0.1) is 0 Å². The van der Waals surface area contributed by atoms with Gasteiger partial charge >= 0.3 is 12.6 Å².